The zero-order valence-electron chi connectivity index (χ0n) is 20.1. The SMILES string of the molecule is CS(=O)(=O)CCc1csc2c1S(=O)(=O)N=C(C1=C(O)C3C([C@@H]4CC[C@H]3C4)N(C3CCCCC3)C1=O)N2. The van der Waals surface area contributed by atoms with Gasteiger partial charge in [0.25, 0.3) is 15.9 Å². The van der Waals surface area contributed by atoms with Crippen LogP contribution in [-0.2, 0) is 31.1 Å². The zero-order chi connectivity index (χ0) is 25.4. The highest BCUT2D eigenvalue weighted by Crippen LogP contribution is 2.56. The monoisotopic (exact) mass is 553 g/mol. The summed E-state index contributed by atoms with van der Waals surface area (Å²) >= 11 is 1.14. The molecule has 0 spiro atoms. The molecular weight excluding hydrogens is 522 g/mol. The molecule has 2 bridgehead atoms. The lowest BCUT2D eigenvalue weighted by Gasteiger charge is -2.48. The number of nitrogens with zero attached hydrogens (tertiary/aromatic N) is 2. The first kappa shape index (κ1) is 24.4. The fraction of sp³-hybridized carbons (Fsp3) is 0.667. The van der Waals surface area contributed by atoms with Crippen molar-refractivity contribution in [1.82, 2.24) is 4.90 Å². The number of rotatable bonds is 5. The average Bonchev–Trinajstić information content (AvgIpc) is 3.53. The summed E-state index contributed by atoms with van der Waals surface area (Å²) in [4.78, 5) is 16.0. The number of aliphatic hydroxyl groups excluding tert-OH is 1. The van der Waals surface area contributed by atoms with Crippen molar-refractivity contribution in [3.63, 3.8) is 0 Å². The third-order valence-corrected chi connectivity index (χ3v) is 12.1. The molecule has 3 heterocycles. The van der Waals surface area contributed by atoms with Crippen LogP contribution in [-0.4, -0.2) is 62.7 Å². The van der Waals surface area contributed by atoms with E-state index < -0.39 is 19.9 Å². The largest absolute Gasteiger partial charge is 0.511 e. The number of carbonyl (C=O) groups is 1. The van der Waals surface area contributed by atoms with E-state index in [1.165, 1.54) is 0 Å². The van der Waals surface area contributed by atoms with Gasteiger partial charge in [0.2, 0.25) is 0 Å². The van der Waals surface area contributed by atoms with Crippen molar-refractivity contribution in [2.24, 2.45) is 22.2 Å². The Morgan fingerprint density at radius 2 is 1.89 bits per heavy atom. The second-order valence-electron chi connectivity index (χ2n) is 11.0. The summed E-state index contributed by atoms with van der Waals surface area (Å²) in [5.41, 5.74) is 0.371. The molecule has 1 aromatic rings. The van der Waals surface area contributed by atoms with Gasteiger partial charge >= 0.3 is 0 Å². The van der Waals surface area contributed by atoms with Crippen LogP contribution < -0.4 is 5.32 Å². The van der Waals surface area contributed by atoms with Crippen LogP contribution in [0.1, 0.15) is 56.9 Å². The number of hydrogen-bond acceptors (Lipinski definition) is 8. The van der Waals surface area contributed by atoms with Crippen molar-refractivity contribution in [3.05, 3.63) is 22.3 Å². The molecule has 4 atom stereocenters. The smallest absolute Gasteiger partial charge is 0.287 e. The summed E-state index contributed by atoms with van der Waals surface area (Å²) in [7, 11) is -7.47. The number of fused-ring (bicyclic) bond motifs is 6. The van der Waals surface area contributed by atoms with E-state index >= 15 is 0 Å². The van der Waals surface area contributed by atoms with Crippen molar-refractivity contribution in [2.45, 2.75) is 74.8 Å². The van der Waals surface area contributed by atoms with E-state index in [-0.39, 0.29) is 64.1 Å². The fourth-order valence-electron chi connectivity index (χ4n) is 7.20. The van der Waals surface area contributed by atoms with Gasteiger partial charge in [-0.15, -0.1) is 15.7 Å². The first-order valence-electron chi connectivity index (χ1n) is 12.7. The van der Waals surface area contributed by atoms with Gasteiger partial charge in [0.15, 0.2) is 5.84 Å². The normalized spacial score (nSPS) is 31.8. The number of amidine groups is 1. The van der Waals surface area contributed by atoms with Crippen LogP contribution in [0.15, 0.2) is 26.0 Å². The van der Waals surface area contributed by atoms with Crippen LogP contribution in [0.25, 0.3) is 0 Å². The van der Waals surface area contributed by atoms with E-state index in [0.717, 1.165) is 69.0 Å². The molecule has 3 fully saturated rings. The third-order valence-electron chi connectivity index (χ3n) is 8.68. The summed E-state index contributed by atoms with van der Waals surface area (Å²) in [5, 5.41) is 16.4. The van der Waals surface area contributed by atoms with Gasteiger partial charge in [-0.25, -0.2) is 8.42 Å². The Labute approximate surface area is 215 Å². The summed E-state index contributed by atoms with van der Waals surface area (Å²) < 4.78 is 53.8. The highest BCUT2D eigenvalue weighted by molar-refractivity contribution is 7.91. The molecular formula is C24H31N3O6S3. The molecule has 0 aromatic carbocycles. The molecule has 2 unspecified atom stereocenters. The van der Waals surface area contributed by atoms with E-state index in [1.54, 1.807) is 5.38 Å². The second kappa shape index (κ2) is 8.56. The van der Waals surface area contributed by atoms with Crippen LogP contribution in [0.2, 0.25) is 0 Å². The Morgan fingerprint density at radius 1 is 1.17 bits per heavy atom. The lowest BCUT2D eigenvalue weighted by Crippen LogP contribution is -2.58. The Balaban J connectivity index is 1.40. The summed E-state index contributed by atoms with van der Waals surface area (Å²) in [6, 6.07) is 0.0747. The molecule has 3 aliphatic carbocycles. The number of hydrogen-bond donors (Lipinski definition) is 2. The number of anilines is 1. The lowest BCUT2D eigenvalue weighted by atomic mass is 9.76. The maximum atomic E-state index is 14.0. The quantitative estimate of drug-likeness (QED) is 0.572. The van der Waals surface area contributed by atoms with Crippen LogP contribution in [0.3, 0.4) is 0 Å². The van der Waals surface area contributed by atoms with E-state index in [2.05, 4.69) is 9.71 Å². The lowest BCUT2D eigenvalue weighted by molar-refractivity contribution is -0.137. The molecule has 2 N–H and O–H groups in total. The zero-order valence-corrected chi connectivity index (χ0v) is 22.6. The standard InChI is InChI=1S/C24H31N3O6S3/c1-35(30,31)10-9-15-12-34-23-21(15)36(32,33)26-22(25-23)18-20(28)17-13-7-8-14(11-13)19(17)27(24(18)29)16-5-3-2-4-6-16/h12-14,16-17,19,28H,2-11H2,1H3,(H,25,26)/t13-,14+,17?,19?/m0/s1. The highest BCUT2D eigenvalue weighted by atomic mass is 32.2. The van der Waals surface area contributed by atoms with E-state index in [0.29, 0.717) is 16.5 Å². The Kier molecular flexibility index (Phi) is 5.80. The van der Waals surface area contributed by atoms with Crippen LogP contribution >= 0.6 is 11.3 Å². The first-order chi connectivity index (χ1) is 17.0. The van der Waals surface area contributed by atoms with Gasteiger partial charge in [-0.1, -0.05) is 19.3 Å². The van der Waals surface area contributed by atoms with Crippen LogP contribution in [0.5, 0.6) is 0 Å². The van der Waals surface area contributed by atoms with Gasteiger partial charge in [0.1, 0.15) is 31.1 Å². The number of sulfonamides is 1. The maximum Gasteiger partial charge on any atom is 0.287 e. The van der Waals surface area contributed by atoms with Crippen molar-refractivity contribution < 1.29 is 26.7 Å². The van der Waals surface area contributed by atoms with Gasteiger partial charge in [0.05, 0.1) is 5.75 Å². The number of carbonyl (C=O) groups excluding carboxylic acids is 1. The molecule has 12 heteroatoms. The number of nitrogens with one attached hydrogen (secondary N) is 1. The Hall–Kier alpha value is -1.92. The second-order valence-corrected chi connectivity index (χ2v) is 15.6. The third kappa shape index (κ3) is 3.91. The van der Waals surface area contributed by atoms with Gasteiger partial charge in [0, 0.05) is 24.3 Å². The van der Waals surface area contributed by atoms with Gasteiger partial charge < -0.3 is 15.3 Å². The number of thiophene rings is 1. The summed E-state index contributed by atoms with van der Waals surface area (Å²) in [6.07, 6.45) is 9.36. The van der Waals surface area contributed by atoms with Gasteiger partial charge in [-0.3, -0.25) is 4.79 Å². The highest BCUT2D eigenvalue weighted by Gasteiger charge is 2.58. The minimum atomic E-state index is -4.19. The predicted octanol–water partition coefficient (Wildman–Crippen LogP) is 3.25. The minimum Gasteiger partial charge on any atom is -0.511 e. The molecule has 1 aromatic heterocycles. The van der Waals surface area contributed by atoms with Crippen molar-refractivity contribution in [3.8, 4) is 0 Å². The minimum absolute atomic E-state index is 0.0188. The van der Waals surface area contributed by atoms with E-state index in [1.807, 2.05) is 4.90 Å². The number of sulfone groups is 1. The van der Waals surface area contributed by atoms with Crippen LogP contribution in [0.4, 0.5) is 5.00 Å². The first-order valence-corrected chi connectivity index (χ1v) is 17.1. The topological polar surface area (TPSA) is 133 Å². The Bertz CT molecular complexity index is 1390. The fourth-order valence-corrected chi connectivity index (χ4v) is 10.5. The molecule has 6 rings (SSSR count). The molecule has 3 saturated carbocycles. The average molecular weight is 554 g/mol. The van der Waals surface area contributed by atoms with Crippen molar-refractivity contribution in [2.75, 3.05) is 17.3 Å². The molecule has 5 aliphatic rings. The maximum absolute atomic E-state index is 14.0. The van der Waals surface area contributed by atoms with Crippen molar-refractivity contribution >= 4 is 47.9 Å². The molecule has 36 heavy (non-hydrogen) atoms. The van der Waals surface area contributed by atoms with Crippen molar-refractivity contribution in [1.29, 1.82) is 0 Å². The number of amides is 1. The van der Waals surface area contributed by atoms with Gasteiger partial charge in [-0.2, -0.15) is 8.42 Å². The summed E-state index contributed by atoms with van der Waals surface area (Å²) in [5.74, 6) is -0.163. The molecule has 0 saturated heterocycles. The number of aliphatic hydroxyl groups is 1. The molecule has 9 nitrogen and oxygen atoms in total. The predicted molar refractivity (Wildman–Crippen MR) is 137 cm³/mol. The molecule has 0 radical (unpaired) electrons. The number of aryl methyl sites for hydroxylation is 1. The Morgan fingerprint density at radius 3 is 2.61 bits per heavy atom. The van der Waals surface area contributed by atoms with E-state index in [9.17, 15) is 26.7 Å². The van der Waals surface area contributed by atoms with Crippen LogP contribution in [0, 0.1) is 17.8 Å². The summed E-state index contributed by atoms with van der Waals surface area (Å²) in [6.45, 7) is 0. The van der Waals surface area contributed by atoms with Gasteiger partial charge in [-0.05, 0) is 61.3 Å². The molecule has 2 aliphatic heterocycles. The molecule has 196 valence electrons. The van der Waals surface area contributed by atoms with E-state index in [4.69, 9.17) is 0 Å². The molecule has 1 amide bonds.